The minimum absolute atomic E-state index is 0.176. The van der Waals surface area contributed by atoms with Gasteiger partial charge in [0.2, 0.25) is 0 Å². The molecule has 3 rings (SSSR count). The zero-order valence-corrected chi connectivity index (χ0v) is 15.8. The van der Waals surface area contributed by atoms with Gasteiger partial charge in [0.25, 0.3) is 5.91 Å². The van der Waals surface area contributed by atoms with Gasteiger partial charge in [-0.05, 0) is 56.7 Å². The molecule has 1 aliphatic rings. The van der Waals surface area contributed by atoms with Gasteiger partial charge in [0, 0.05) is 7.05 Å². The number of nitrogens with zero attached hydrogens (tertiary/aromatic N) is 2. The van der Waals surface area contributed by atoms with Crippen LogP contribution in [-0.4, -0.2) is 27.8 Å². The maximum absolute atomic E-state index is 12.3. The third-order valence-electron chi connectivity index (χ3n) is 4.95. The molecule has 0 fully saturated rings. The molecule has 1 aromatic carbocycles. The summed E-state index contributed by atoms with van der Waals surface area (Å²) in [6, 6.07) is 6.14. The van der Waals surface area contributed by atoms with E-state index < -0.39 is 12.1 Å². The number of anilines is 1. The van der Waals surface area contributed by atoms with Gasteiger partial charge in [-0.3, -0.25) is 14.3 Å². The Morgan fingerprint density at radius 2 is 2.00 bits per heavy atom. The van der Waals surface area contributed by atoms with E-state index in [-0.39, 0.29) is 12.3 Å². The third-order valence-corrected chi connectivity index (χ3v) is 4.95. The molecule has 0 bridgehead atoms. The van der Waals surface area contributed by atoms with Crippen LogP contribution >= 0.6 is 0 Å². The minimum atomic E-state index is -0.865. The zero-order valence-electron chi connectivity index (χ0n) is 15.8. The number of carbonyl (C=O) groups is 2. The lowest BCUT2D eigenvalue weighted by molar-refractivity contribution is -0.152. The van der Waals surface area contributed by atoms with Crippen LogP contribution in [0.1, 0.15) is 41.4 Å². The molecule has 1 heterocycles. The predicted octanol–water partition coefficient (Wildman–Crippen LogP) is 2.64. The highest BCUT2D eigenvalue weighted by molar-refractivity contribution is 5.96. The molecule has 6 heteroatoms. The summed E-state index contributed by atoms with van der Waals surface area (Å²) in [6.45, 7) is 5.28. The Balaban J connectivity index is 1.57. The number of hydrogen-bond donors (Lipinski definition) is 1. The van der Waals surface area contributed by atoms with Gasteiger partial charge in [-0.1, -0.05) is 18.2 Å². The summed E-state index contributed by atoms with van der Waals surface area (Å²) in [7, 11) is 1.82. The summed E-state index contributed by atoms with van der Waals surface area (Å²) >= 11 is 0. The van der Waals surface area contributed by atoms with Crippen LogP contribution in [0, 0.1) is 13.8 Å². The van der Waals surface area contributed by atoms with Gasteiger partial charge < -0.3 is 10.1 Å². The van der Waals surface area contributed by atoms with Crippen molar-refractivity contribution in [2.75, 3.05) is 5.32 Å². The third kappa shape index (κ3) is 3.79. The fourth-order valence-corrected chi connectivity index (χ4v) is 3.37. The second-order valence-electron chi connectivity index (χ2n) is 6.92. The first-order chi connectivity index (χ1) is 12.3. The summed E-state index contributed by atoms with van der Waals surface area (Å²) in [5, 5.41) is 7.07. The van der Waals surface area contributed by atoms with E-state index in [0.29, 0.717) is 5.69 Å². The van der Waals surface area contributed by atoms with E-state index in [9.17, 15) is 9.59 Å². The van der Waals surface area contributed by atoms with Crippen molar-refractivity contribution in [3.8, 4) is 0 Å². The molecule has 138 valence electrons. The number of nitrogens with one attached hydrogen (secondary N) is 1. The average Bonchev–Trinajstić information content (AvgIpc) is 3.14. The van der Waals surface area contributed by atoms with Gasteiger partial charge in [0.05, 0.1) is 23.5 Å². The summed E-state index contributed by atoms with van der Waals surface area (Å²) in [4.78, 5) is 24.5. The smallest absolute Gasteiger partial charge is 0.311 e. The van der Waals surface area contributed by atoms with Gasteiger partial charge >= 0.3 is 5.97 Å². The summed E-state index contributed by atoms with van der Waals surface area (Å²) < 4.78 is 7.02. The summed E-state index contributed by atoms with van der Waals surface area (Å²) in [6.07, 6.45) is 2.67. The molecular weight excluding hydrogens is 330 g/mol. The van der Waals surface area contributed by atoms with Crippen LogP contribution in [0.15, 0.2) is 18.2 Å². The van der Waals surface area contributed by atoms with Crippen molar-refractivity contribution in [3.05, 3.63) is 46.3 Å². The Bertz CT molecular complexity index is 854. The number of aryl methyl sites for hydroxylation is 4. The van der Waals surface area contributed by atoms with Crippen molar-refractivity contribution in [1.29, 1.82) is 0 Å². The molecule has 0 aliphatic heterocycles. The lowest BCUT2D eigenvalue weighted by atomic mass is 10.0. The number of hydrogen-bond acceptors (Lipinski definition) is 4. The van der Waals surface area contributed by atoms with Gasteiger partial charge in [-0.15, -0.1) is 0 Å². The zero-order chi connectivity index (χ0) is 18.8. The minimum Gasteiger partial charge on any atom is -0.452 e. The number of ether oxygens (including phenoxy) is 1. The highest BCUT2D eigenvalue weighted by Crippen LogP contribution is 2.23. The standard InChI is InChI=1S/C20H25N3O3/c1-12-19(13(2)23(4)22-12)21-20(25)14(3)26-18(24)11-15-8-9-16-6-5-7-17(16)10-15/h8-10,14H,5-7,11H2,1-4H3,(H,21,25)/t14-/m0/s1. The molecule has 26 heavy (non-hydrogen) atoms. The highest BCUT2D eigenvalue weighted by atomic mass is 16.5. The molecule has 0 unspecified atom stereocenters. The van der Waals surface area contributed by atoms with Crippen LogP contribution in [0.5, 0.6) is 0 Å². The SMILES string of the molecule is Cc1nn(C)c(C)c1NC(=O)[C@H](C)OC(=O)Cc1ccc2c(c1)CCC2. The maximum atomic E-state index is 12.3. The lowest BCUT2D eigenvalue weighted by Crippen LogP contribution is -2.30. The predicted molar refractivity (Wildman–Crippen MR) is 99.0 cm³/mol. The topological polar surface area (TPSA) is 73.2 Å². The van der Waals surface area contributed by atoms with Crippen LogP contribution < -0.4 is 5.32 Å². The van der Waals surface area contributed by atoms with Gasteiger partial charge in [0.1, 0.15) is 0 Å². The first kappa shape index (κ1) is 18.2. The molecule has 6 nitrogen and oxygen atoms in total. The number of fused-ring (bicyclic) bond motifs is 1. The van der Waals surface area contributed by atoms with Crippen molar-refractivity contribution in [2.24, 2.45) is 7.05 Å². The Morgan fingerprint density at radius 1 is 1.27 bits per heavy atom. The van der Waals surface area contributed by atoms with E-state index in [1.807, 2.05) is 27.0 Å². The van der Waals surface area contributed by atoms with E-state index in [2.05, 4.69) is 22.5 Å². The summed E-state index contributed by atoms with van der Waals surface area (Å²) in [5.41, 5.74) is 5.88. The van der Waals surface area contributed by atoms with Crippen molar-refractivity contribution in [3.63, 3.8) is 0 Å². The maximum Gasteiger partial charge on any atom is 0.311 e. The quantitative estimate of drug-likeness (QED) is 0.837. The molecule has 1 atom stereocenters. The molecule has 1 aromatic heterocycles. The first-order valence-electron chi connectivity index (χ1n) is 8.96. The molecule has 0 saturated heterocycles. The molecule has 0 radical (unpaired) electrons. The Morgan fingerprint density at radius 3 is 2.69 bits per heavy atom. The largest absolute Gasteiger partial charge is 0.452 e. The molecular formula is C20H25N3O3. The Kier molecular flexibility index (Phi) is 5.11. The van der Waals surface area contributed by atoms with E-state index >= 15 is 0 Å². The normalized spacial score (nSPS) is 14.0. The number of benzene rings is 1. The molecule has 1 amide bonds. The van der Waals surface area contributed by atoms with Gasteiger partial charge in [-0.25, -0.2) is 0 Å². The van der Waals surface area contributed by atoms with Crippen molar-refractivity contribution in [1.82, 2.24) is 9.78 Å². The number of carbonyl (C=O) groups excluding carboxylic acids is 2. The van der Waals surface area contributed by atoms with Gasteiger partial charge in [-0.2, -0.15) is 5.10 Å². The van der Waals surface area contributed by atoms with E-state index in [1.54, 1.807) is 11.6 Å². The fourth-order valence-electron chi connectivity index (χ4n) is 3.37. The Hall–Kier alpha value is -2.63. The fraction of sp³-hybridized carbons (Fsp3) is 0.450. The van der Waals surface area contributed by atoms with Gasteiger partial charge in [0.15, 0.2) is 6.10 Å². The van der Waals surface area contributed by atoms with Crippen molar-refractivity contribution >= 4 is 17.6 Å². The van der Waals surface area contributed by atoms with E-state index in [4.69, 9.17) is 4.74 Å². The van der Waals surface area contributed by atoms with Crippen LogP contribution in [-0.2, 0) is 40.6 Å². The van der Waals surface area contributed by atoms with Crippen LogP contribution in [0.3, 0.4) is 0 Å². The molecule has 0 saturated carbocycles. The first-order valence-corrected chi connectivity index (χ1v) is 8.96. The van der Waals surface area contributed by atoms with Crippen LogP contribution in [0.25, 0.3) is 0 Å². The van der Waals surface area contributed by atoms with Crippen LogP contribution in [0.2, 0.25) is 0 Å². The average molecular weight is 355 g/mol. The van der Waals surface area contributed by atoms with Crippen LogP contribution in [0.4, 0.5) is 5.69 Å². The van der Waals surface area contributed by atoms with Crippen molar-refractivity contribution < 1.29 is 14.3 Å². The monoisotopic (exact) mass is 355 g/mol. The second kappa shape index (κ2) is 7.32. The second-order valence-corrected chi connectivity index (χ2v) is 6.92. The van der Waals surface area contributed by atoms with E-state index in [1.165, 1.54) is 17.5 Å². The number of aromatic nitrogens is 2. The highest BCUT2D eigenvalue weighted by Gasteiger charge is 2.21. The Labute approximate surface area is 153 Å². The molecule has 1 aliphatic carbocycles. The number of esters is 1. The molecule has 1 N–H and O–H groups in total. The van der Waals surface area contributed by atoms with E-state index in [0.717, 1.165) is 29.8 Å². The number of rotatable bonds is 5. The molecule has 2 aromatic rings. The molecule has 0 spiro atoms. The van der Waals surface area contributed by atoms with Crippen molar-refractivity contribution in [2.45, 2.75) is 52.6 Å². The summed E-state index contributed by atoms with van der Waals surface area (Å²) in [5.74, 6) is -0.753. The number of amides is 1. The lowest BCUT2D eigenvalue weighted by Gasteiger charge is -2.14.